The topological polar surface area (TPSA) is 92.2 Å². The zero-order valence-corrected chi connectivity index (χ0v) is 9.50. The molecular weight excluding hydrogens is 253 g/mol. The van der Waals surface area contributed by atoms with Crippen molar-refractivity contribution in [3.8, 4) is 0 Å². The first kappa shape index (κ1) is 12.6. The molecule has 2 aromatic rings. The summed E-state index contributed by atoms with van der Waals surface area (Å²) >= 11 is 0. The van der Waals surface area contributed by atoms with E-state index in [0.29, 0.717) is 0 Å². The largest absolute Gasteiger partial charge is 0.478 e. The first-order valence-electron chi connectivity index (χ1n) is 5.18. The Hall–Kier alpha value is -2.83. The Morgan fingerprint density at radius 3 is 2.58 bits per heavy atom. The van der Waals surface area contributed by atoms with Crippen LogP contribution < -0.4 is 5.32 Å². The molecule has 2 N–H and O–H groups in total. The average Bonchev–Trinajstić information content (AvgIpc) is 2.39. The minimum absolute atomic E-state index is 0.00640. The number of pyridine rings is 2. The number of aromatic carboxylic acids is 1. The summed E-state index contributed by atoms with van der Waals surface area (Å²) in [6.07, 6.45) is 3.32. The number of amides is 1. The Morgan fingerprint density at radius 2 is 2.00 bits per heavy atom. The predicted molar refractivity (Wildman–Crippen MR) is 63.3 cm³/mol. The molecule has 2 aromatic heterocycles. The third-order valence-electron chi connectivity index (χ3n) is 2.27. The molecule has 0 unspecified atom stereocenters. The smallest absolute Gasteiger partial charge is 0.337 e. The molecule has 7 heteroatoms. The van der Waals surface area contributed by atoms with Crippen LogP contribution in [-0.4, -0.2) is 27.0 Å². The lowest BCUT2D eigenvalue weighted by Gasteiger charge is -2.05. The van der Waals surface area contributed by atoms with E-state index in [1.54, 1.807) is 0 Å². The third-order valence-corrected chi connectivity index (χ3v) is 2.27. The molecule has 96 valence electrons. The van der Waals surface area contributed by atoms with Crippen LogP contribution in [0, 0.1) is 5.82 Å². The van der Waals surface area contributed by atoms with E-state index in [-0.39, 0.29) is 16.9 Å². The van der Waals surface area contributed by atoms with E-state index in [1.165, 1.54) is 24.4 Å². The molecule has 6 nitrogen and oxygen atoms in total. The minimum atomic E-state index is -1.12. The van der Waals surface area contributed by atoms with E-state index in [4.69, 9.17) is 5.11 Å². The average molecular weight is 261 g/mol. The zero-order chi connectivity index (χ0) is 13.8. The van der Waals surface area contributed by atoms with E-state index in [9.17, 15) is 14.0 Å². The van der Waals surface area contributed by atoms with Gasteiger partial charge in [0.2, 0.25) is 0 Å². The minimum Gasteiger partial charge on any atom is -0.478 e. The van der Waals surface area contributed by atoms with Gasteiger partial charge in [0.15, 0.2) is 5.82 Å². The molecule has 0 radical (unpaired) electrons. The van der Waals surface area contributed by atoms with Crippen LogP contribution >= 0.6 is 0 Å². The van der Waals surface area contributed by atoms with Gasteiger partial charge in [-0.1, -0.05) is 0 Å². The number of carbonyl (C=O) groups excluding carboxylic acids is 1. The molecule has 0 aromatic carbocycles. The van der Waals surface area contributed by atoms with Gasteiger partial charge < -0.3 is 10.4 Å². The lowest BCUT2D eigenvalue weighted by molar-refractivity contribution is 0.0696. The Labute approximate surface area is 106 Å². The first-order chi connectivity index (χ1) is 9.08. The Morgan fingerprint density at radius 1 is 1.21 bits per heavy atom. The van der Waals surface area contributed by atoms with Crippen LogP contribution in [0.4, 0.5) is 10.2 Å². The lowest BCUT2D eigenvalue weighted by atomic mass is 10.2. The fourth-order valence-electron chi connectivity index (χ4n) is 1.34. The highest BCUT2D eigenvalue weighted by molar-refractivity contribution is 6.03. The van der Waals surface area contributed by atoms with Crippen molar-refractivity contribution in [1.82, 2.24) is 9.97 Å². The van der Waals surface area contributed by atoms with Crippen LogP contribution in [0.15, 0.2) is 36.8 Å². The van der Waals surface area contributed by atoms with Crippen molar-refractivity contribution in [1.29, 1.82) is 0 Å². The number of hydrogen-bond donors (Lipinski definition) is 2. The van der Waals surface area contributed by atoms with Gasteiger partial charge >= 0.3 is 5.97 Å². The quantitative estimate of drug-likeness (QED) is 0.874. The monoisotopic (exact) mass is 261 g/mol. The molecule has 2 rings (SSSR count). The Kier molecular flexibility index (Phi) is 3.46. The number of rotatable bonds is 3. The number of aromatic nitrogens is 2. The summed E-state index contributed by atoms with van der Waals surface area (Å²) in [7, 11) is 0. The van der Waals surface area contributed by atoms with E-state index in [2.05, 4.69) is 15.3 Å². The molecule has 1 amide bonds. The molecule has 0 atom stereocenters. The van der Waals surface area contributed by atoms with Crippen LogP contribution in [-0.2, 0) is 0 Å². The highest BCUT2D eigenvalue weighted by Crippen LogP contribution is 2.09. The molecule has 0 bridgehead atoms. The molecule has 0 saturated carbocycles. The first-order valence-corrected chi connectivity index (χ1v) is 5.18. The second kappa shape index (κ2) is 5.21. The molecule has 0 aliphatic heterocycles. The van der Waals surface area contributed by atoms with Crippen molar-refractivity contribution < 1.29 is 19.1 Å². The normalized spacial score (nSPS) is 9.95. The van der Waals surface area contributed by atoms with Crippen LogP contribution in [0.2, 0.25) is 0 Å². The van der Waals surface area contributed by atoms with Crippen LogP contribution in [0.25, 0.3) is 0 Å². The number of carboxylic acids is 1. The van der Waals surface area contributed by atoms with Gasteiger partial charge in [-0.15, -0.1) is 0 Å². The molecular formula is C12H8FN3O3. The van der Waals surface area contributed by atoms with Gasteiger partial charge in [0.1, 0.15) is 5.82 Å². The number of carboxylic acid groups (broad SMARTS) is 1. The highest BCUT2D eigenvalue weighted by atomic mass is 19.1. The van der Waals surface area contributed by atoms with E-state index < -0.39 is 17.7 Å². The van der Waals surface area contributed by atoms with Gasteiger partial charge in [0.25, 0.3) is 5.91 Å². The summed E-state index contributed by atoms with van der Waals surface area (Å²) < 4.78 is 13.3. The molecule has 0 aliphatic carbocycles. The van der Waals surface area contributed by atoms with Crippen LogP contribution in [0.3, 0.4) is 0 Å². The zero-order valence-electron chi connectivity index (χ0n) is 9.50. The van der Waals surface area contributed by atoms with Crippen molar-refractivity contribution in [2.45, 2.75) is 0 Å². The summed E-state index contributed by atoms with van der Waals surface area (Å²) in [6.45, 7) is 0. The van der Waals surface area contributed by atoms with Gasteiger partial charge in [-0.3, -0.25) is 9.78 Å². The number of nitrogens with one attached hydrogen (secondary N) is 1. The molecule has 0 saturated heterocycles. The molecule has 2 heterocycles. The molecule has 0 fully saturated rings. The maximum atomic E-state index is 13.3. The highest BCUT2D eigenvalue weighted by Gasteiger charge is 2.12. The summed E-state index contributed by atoms with van der Waals surface area (Å²) in [6, 6.07) is 3.84. The van der Waals surface area contributed by atoms with Crippen LogP contribution in [0.1, 0.15) is 20.7 Å². The Balaban J connectivity index is 2.15. The fraction of sp³-hybridized carbons (Fsp3) is 0. The van der Waals surface area contributed by atoms with Crippen molar-refractivity contribution >= 4 is 17.7 Å². The second-order valence-corrected chi connectivity index (χ2v) is 3.55. The molecule has 19 heavy (non-hydrogen) atoms. The van der Waals surface area contributed by atoms with Gasteiger partial charge in [-0.25, -0.2) is 14.2 Å². The number of halogens is 1. The summed E-state index contributed by atoms with van der Waals surface area (Å²) in [5.41, 5.74) is -0.174. The van der Waals surface area contributed by atoms with Crippen molar-refractivity contribution in [3.05, 3.63) is 53.7 Å². The van der Waals surface area contributed by atoms with E-state index in [1.807, 2.05) is 0 Å². The maximum Gasteiger partial charge on any atom is 0.337 e. The third kappa shape index (κ3) is 2.89. The summed E-state index contributed by atoms with van der Waals surface area (Å²) in [4.78, 5) is 29.6. The predicted octanol–water partition coefficient (Wildman–Crippen LogP) is 1.57. The number of carbonyl (C=O) groups is 2. The van der Waals surface area contributed by atoms with Gasteiger partial charge in [-0.05, 0) is 18.2 Å². The lowest BCUT2D eigenvalue weighted by Crippen LogP contribution is -2.15. The molecule has 0 aliphatic rings. The number of anilines is 1. The van der Waals surface area contributed by atoms with Crippen molar-refractivity contribution in [2.24, 2.45) is 0 Å². The Bertz CT molecular complexity index is 628. The van der Waals surface area contributed by atoms with Crippen LogP contribution in [0.5, 0.6) is 0 Å². The van der Waals surface area contributed by atoms with E-state index >= 15 is 0 Å². The number of hydrogen-bond acceptors (Lipinski definition) is 4. The SMILES string of the molecule is O=C(O)c1ccc(NC(=O)c2ccncc2F)nc1. The van der Waals surface area contributed by atoms with Crippen molar-refractivity contribution in [2.75, 3.05) is 5.32 Å². The summed E-state index contributed by atoms with van der Waals surface area (Å²) in [5, 5.41) is 11.0. The van der Waals surface area contributed by atoms with Gasteiger partial charge in [0.05, 0.1) is 17.3 Å². The summed E-state index contributed by atoms with van der Waals surface area (Å²) in [5.74, 6) is -2.42. The van der Waals surface area contributed by atoms with Crippen molar-refractivity contribution in [3.63, 3.8) is 0 Å². The van der Waals surface area contributed by atoms with E-state index in [0.717, 1.165) is 12.4 Å². The fourth-order valence-corrected chi connectivity index (χ4v) is 1.34. The van der Waals surface area contributed by atoms with Gasteiger partial charge in [0, 0.05) is 12.4 Å². The van der Waals surface area contributed by atoms with Gasteiger partial charge in [-0.2, -0.15) is 0 Å². The second-order valence-electron chi connectivity index (χ2n) is 3.55. The standard InChI is InChI=1S/C12H8FN3O3/c13-9-6-14-4-3-8(9)11(17)16-10-2-1-7(5-15-10)12(18)19/h1-6H,(H,18,19)(H,15,16,17). The maximum absolute atomic E-state index is 13.3. The molecule has 0 spiro atoms. The number of nitrogens with zero attached hydrogens (tertiary/aromatic N) is 2.